The Bertz CT molecular complexity index is 1060. The van der Waals surface area contributed by atoms with Crippen LogP contribution in [0.25, 0.3) is 0 Å². The van der Waals surface area contributed by atoms with Crippen molar-refractivity contribution in [2.75, 3.05) is 12.4 Å². The molecule has 0 fully saturated rings. The van der Waals surface area contributed by atoms with Crippen LogP contribution in [0, 0.1) is 0 Å². The minimum Gasteiger partial charge on any atom is -0.463 e. The van der Waals surface area contributed by atoms with E-state index in [-0.39, 0.29) is 6.61 Å². The molecule has 0 radical (unpaired) electrons. The predicted octanol–water partition coefficient (Wildman–Crippen LogP) is 6.72. The van der Waals surface area contributed by atoms with E-state index in [4.69, 9.17) is 9.47 Å². The second-order valence-electron chi connectivity index (χ2n) is 9.45. The highest BCUT2D eigenvalue weighted by Gasteiger charge is 2.37. The largest absolute Gasteiger partial charge is 0.463 e. The highest BCUT2D eigenvalue weighted by Crippen LogP contribution is 2.48. The third-order valence-electron chi connectivity index (χ3n) is 5.47. The summed E-state index contributed by atoms with van der Waals surface area (Å²) in [5.41, 5.74) is 2.70. The number of carbonyl (C=O) groups excluding carboxylic acids is 2. The summed E-state index contributed by atoms with van der Waals surface area (Å²) in [6, 6.07) is 30.5. The fraction of sp³-hybridized carbons (Fsp3) is 0.290. The zero-order valence-electron chi connectivity index (χ0n) is 21.8. The van der Waals surface area contributed by atoms with Gasteiger partial charge in [0.25, 0.3) is 0 Å². The number of ether oxygens (including phenoxy) is 2. The van der Waals surface area contributed by atoms with E-state index in [1.807, 2.05) is 75.4 Å². The maximum Gasteiger partial charge on any atom is 0.408 e. The van der Waals surface area contributed by atoms with Gasteiger partial charge in [-0.1, -0.05) is 97.1 Å². The summed E-state index contributed by atoms with van der Waals surface area (Å²) in [4.78, 5) is 24.7. The first-order valence-corrected chi connectivity index (χ1v) is 13.4. The molecule has 0 saturated heterocycles. The Kier molecular flexibility index (Phi) is 9.98. The zero-order valence-corrected chi connectivity index (χ0v) is 22.7. The quantitative estimate of drug-likeness (QED) is 0.184. The summed E-state index contributed by atoms with van der Waals surface area (Å²) in [7, 11) is 0. The fourth-order valence-corrected chi connectivity index (χ4v) is 5.50. The first-order chi connectivity index (χ1) is 17.7. The van der Waals surface area contributed by atoms with E-state index in [1.165, 1.54) is 6.08 Å². The molecule has 37 heavy (non-hydrogen) atoms. The summed E-state index contributed by atoms with van der Waals surface area (Å²) in [6.07, 6.45) is 2.48. The Balaban J connectivity index is 2.03. The Hall–Kier alpha value is -3.51. The number of amides is 1. The van der Waals surface area contributed by atoms with Crippen LogP contribution in [0.3, 0.4) is 0 Å². The second-order valence-corrected chi connectivity index (χ2v) is 10.7. The summed E-state index contributed by atoms with van der Waals surface area (Å²) in [6.45, 7) is 7.48. The fourth-order valence-electron chi connectivity index (χ4n) is 3.97. The lowest BCUT2D eigenvalue weighted by Crippen LogP contribution is -2.40. The number of rotatable bonds is 10. The van der Waals surface area contributed by atoms with E-state index in [1.54, 1.807) is 24.8 Å². The number of benzene rings is 3. The molecule has 0 saturated carbocycles. The molecule has 0 heterocycles. The third-order valence-corrected chi connectivity index (χ3v) is 7.14. The van der Waals surface area contributed by atoms with Gasteiger partial charge < -0.3 is 14.8 Å². The molecule has 0 aliphatic rings. The van der Waals surface area contributed by atoms with E-state index >= 15 is 0 Å². The van der Waals surface area contributed by atoms with Gasteiger partial charge in [-0.3, -0.25) is 0 Å². The molecule has 0 aromatic heterocycles. The van der Waals surface area contributed by atoms with Gasteiger partial charge in [0.15, 0.2) is 0 Å². The first-order valence-electron chi connectivity index (χ1n) is 12.4. The van der Waals surface area contributed by atoms with Crippen LogP contribution in [0.2, 0.25) is 0 Å². The van der Waals surface area contributed by atoms with E-state index in [0.717, 1.165) is 16.7 Å². The van der Waals surface area contributed by atoms with Crippen molar-refractivity contribution >= 4 is 23.8 Å². The van der Waals surface area contributed by atoms with Gasteiger partial charge in [-0.2, -0.15) is 0 Å². The number of hydrogen-bond acceptors (Lipinski definition) is 5. The van der Waals surface area contributed by atoms with Crippen molar-refractivity contribution in [3.63, 3.8) is 0 Å². The molecule has 1 N–H and O–H groups in total. The molecule has 1 atom stereocenters. The number of esters is 1. The number of alkyl carbamates (subject to hydrolysis) is 1. The molecule has 6 heteroatoms. The standard InChI is InChI=1S/C31H35NO4S/c1-5-35-28(33)22-21-27(32-29(34)36-30(2,3)4)23-37-31(24-15-9-6-10-16-24,25-17-11-7-12-18-25)26-19-13-8-14-20-26/h6-22,27H,5,23H2,1-4H3,(H,32,34)/b22-21+/t27-/m0/s1. The molecule has 3 aromatic carbocycles. The summed E-state index contributed by atoms with van der Waals surface area (Å²) < 4.78 is 9.99. The predicted molar refractivity (Wildman–Crippen MR) is 151 cm³/mol. The number of nitrogens with one attached hydrogen (secondary N) is 1. The van der Waals surface area contributed by atoms with Gasteiger partial charge in [0.05, 0.1) is 17.4 Å². The zero-order chi connectivity index (χ0) is 26.7. The molecule has 0 aliphatic carbocycles. The third kappa shape index (κ3) is 7.99. The van der Waals surface area contributed by atoms with Crippen molar-refractivity contribution in [1.29, 1.82) is 0 Å². The SMILES string of the molecule is CCOC(=O)/C=C/[C@@H](CSC(c1ccccc1)(c1ccccc1)c1ccccc1)NC(=O)OC(C)(C)C. The summed E-state index contributed by atoms with van der Waals surface area (Å²) in [5.74, 6) is 0.0114. The first kappa shape index (κ1) is 28.1. The van der Waals surface area contributed by atoms with Crippen molar-refractivity contribution in [3.05, 3.63) is 120 Å². The molecule has 3 aromatic rings. The highest BCUT2D eigenvalue weighted by molar-refractivity contribution is 8.00. The van der Waals surface area contributed by atoms with Crippen LogP contribution in [-0.2, 0) is 19.0 Å². The van der Waals surface area contributed by atoms with Gasteiger partial charge in [-0.25, -0.2) is 9.59 Å². The summed E-state index contributed by atoms with van der Waals surface area (Å²) in [5, 5.41) is 2.92. The number of thioether (sulfide) groups is 1. The minimum absolute atomic E-state index is 0.279. The van der Waals surface area contributed by atoms with Gasteiger partial charge in [0.1, 0.15) is 5.60 Å². The van der Waals surface area contributed by atoms with Crippen molar-refractivity contribution in [2.24, 2.45) is 0 Å². The van der Waals surface area contributed by atoms with Crippen LogP contribution in [0.4, 0.5) is 4.79 Å². The van der Waals surface area contributed by atoms with Crippen LogP contribution in [0.1, 0.15) is 44.4 Å². The van der Waals surface area contributed by atoms with Crippen LogP contribution in [0.5, 0.6) is 0 Å². The molecule has 0 bridgehead atoms. The van der Waals surface area contributed by atoms with Gasteiger partial charge >= 0.3 is 12.1 Å². The van der Waals surface area contributed by atoms with Crippen LogP contribution in [-0.4, -0.2) is 36.1 Å². The van der Waals surface area contributed by atoms with Crippen LogP contribution < -0.4 is 5.32 Å². The van der Waals surface area contributed by atoms with E-state index in [9.17, 15) is 9.59 Å². The molecular weight excluding hydrogens is 482 g/mol. The van der Waals surface area contributed by atoms with Gasteiger partial charge in [-0.15, -0.1) is 11.8 Å². The van der Waals surface area contributed by atoms with E-state index in [0.29, 0.717) is 5.75 Å². The Morgan fingerprint density at radius 3 is 1.70 bits per heavy atom. The highest BCUT2D eigenvalue weighted by atomic mass is 32.2. The second kappa shape index (κ2) is 13.2. The molecule has 1 amide bonds. The van der Waals surface area contributed by atoms with Crippen molar-refractivity contribution in [3.8, 4) is 0 Å². The van der Waals surface area contributed by atoms with Crippen molar-refractivity contribution in [2.45, 2.75) is 44.1 Å². The topological polar surface area (TPSA) is 64.6 Å². The Morgan fingerprint density at radius 2 is 1.30 bits per heavy atom. The van der Waals surface area contributed by atoms with Gasteiger partial charge in [0.2, 0.25) is 0 Å². The normalized spacial score (nSPS) is 12.6. The van der Waals surface area contributed by atoms with Crippen molar-refractivity contribution in [1.82, 2.24) is 5.32 Å². The minimum atomic E-state index is -0.644. The average Bonchev–Trinajstić information content (AvgIpc) is 2.88. The molecule has 0 aliphatic heterocycles. The lowest BCUT2D eigenvalue weighted by Gasteiger charge is -2.36. The monoisotopic (exact) mass is 517 g/mol. The molecular formula is C31H35NO4S. The van der Waals surface area contributed by atoms with Crippen LogP contribution >= 0.6 is 11.8 Å². The van der Waals surface area contributed by atoms with Crippen molar-refractivity contribution < 1.29 is 19.1 Å². The lowest BCUT2D eigenvalue weighted by molar-refractivity contribution is -0.137. The number of carbonyl (C=O) groups is 2. The lowest BCUT2D eigenvalue weighted by atomic mass is 9.84. The van der Waals surface area contributed by atoms with Gasteiger partial charge in [-0.05, 0) is 44.4 Å². The molecule has 0 spiro atoms. The maximum atomic E-state index is 12.7. The van der Waals surface area contributed by atoms with E-state index < -0.39 is 28.5 Å². The van der Waals surface area contributed by atoms with Crippen LogP contribution in [0.15, 0.2) is 103 Å². The van der Waals surface area contributed by atoms with Gasteiger partial charge in [0, 0.05) is 11.8 Å². The van der Waals surface area contributed by atoms with E-state index in [2.05, 4.69) is 41.7 Å². The smallest absolute Gasteiger partial charge is 0.408 e. The molecule has 0 unspecified atom stereocenters. The molecule has 3 rings (SSSR count). The maximum absolute atomic E-state index is 12.7. The molecule has 5 nitrogen and oxygen atoms in total. The number of hydrogen-bond donors (Lipinski definition) is 1. The Labute approximate surface area is 224 Å². The average molecular weight is 518 g/mol. The summed E-state index contributed by atoms with van der Waals surface area (Å²) >= 11 is 1.69. The Morgan fingerprint density at radius 1 is 0.838 bits per heavy atom. The molecule has 194 valence electrons.